The van der Waals surface area contributed by atoms with Crippen LogP contribution < -0.4 is 10.6 Å². The summed E-state index contributed by atoms with van der Waals surface area (Å²) < 4.78 is 0. The third kappa shape index (κ3) is 5.21. The van der Waals surface area contributed by atoms with Crippen molar-refractivity contribution in [3.63, 3.8) is 0 Å². The van der Waals surface area contributed by atoms with E-state index in [9.17, 15) is 4.79 Å². The number of hydrogen-bond donors (Lipinski definition) is 2. The fourth-order valence-electron chi connectivity index (χ4n) is 3.25. The third-order valence-corrected chi connectivity index (χ3v) is 4.77. The van der Waals surface area contributed by atoms with Crippen molar-refractivity contribution in [2.75, 3.05) is 19.0 Å². The summed E-state index contributed by atoms with van der Waals surface area (Å²) in [4.78, 5) is 17.5. The van der Waals surface area contributed by atoms with Crippen molar-refractivity contribution in [1.29, 1.82) is 0 Å². The predicted octanol–water partition coefficient (Wildman–Crippen LogP) is 5.39. The largest absolute Gasteiger partial charge is 0.378 e. The van der Waals surface area contributed by atoms with Crippen LogP contribution in [0.5, 0.6) is 0 Å². The fraction of sp³-hybridized carbons (Fsp3) is 0.192. The van der Waals surface area contributed by atoms with Gasteiger partial charge in [-0.1, -0.05) is 74.9 Å². The van der Waals surface area contributed by atoms with E-state index in [4.69, 9.17) is 5.73 Å². The maximum Gasteiger partial charge on any atom is 0.286 e. The first-order chi connectivity index (χ1) is 15.4. The maximum atomic E-state index is 11.3. The summed E-state index contributed by atoms with van der Waals surface area (Å²) in [7, 11) is 4.06. The van der Waals surface area contributed by atoms with Crippen LogP contribution in [0, 0.1) is 0 Å². The average Bonchev–Trinajstić information content (AvgIpc) is 3.31. The van der Waals surface area contributed by atoms with Crippen molar-refractivity contribution in [3.8, 4) is 33.6 Å². The molecule has 0 aliphatic rings. The molecule has 0 fully saturated rings. The van der Waals surface area contributed by atoms with Crippen molar-refractivity contribution < 1.29 is 4.79 Å². The minimum absolute atomic E-state index is 0.0479. The van der Waals surface area contributed by atoms with Gasteiger partial charge < -0.3 is 10.6 Å². The van der Waals surface area contributed by atoms with Crippen molar-refractivity contribution in [1.82, 2.24) is 15.2 Å². The van der Waals surface area contributed by atoms with Gasteiger partial charge >= 0.3 is 0 Å². The van der Waals surface area contributed by atoms with E-state index in [0.29, 0.717) is 5.82 Å². The summed E-state index contributed by atoms with van der Waals surface area (Å²) in [5, 5.41) is 6.68. The molecule has 164 valence electrons. The Morgan fingerprint density at radius 1 is 0.875 bits per heavy atom. The highest BCUT2D eigenvalue weighted by Gasteiger charge is 2.12. The monoisotopic (exact) mass is 427 g/mol. The number of rotatable bonds is 5. The van der Waals surface area contributed by atoms with Gasteiger partial charge in [0.15, 0.2) is 5.82 Å². The first-order valence-electron chi connectivity index (χ1n) is 10.6. The highest BCUT2D eigenvalue weighted by molar-refractivity contribution is 5.89. The summed E-state index contributed by atoms with van der Waals surface area (Å²) in [6.07, 6.45) is 1.25. The smallest absolute Gasteiger partial charge is 0.286 e. The van der Waals surface area contributed by atoms with E-state index in [1.807, 2.05) is 44.4 Å². The van der Waals surface area contributed by atoms with Gasteiger partial charge in [0.2, 0.25) is 5.82 Å². The standard InChI is InChI=1S/C23H21N5O.C3H8/c1-28(2)18-12-10-15(11-13-18)19-8-3-4-9-20(19)16-6-5-7-17(14-16)22-25-23(21(24)29)27-26-22;1-3-2/h3-14H,1-2H3,(H2,24,29)(H,25,26,27);3H2,1-2H3. The van der Waals surface area contributed by atoms with E-state index in [-0.39, 0.29) is 5.82 Å². The number of amides is 1. The summed E-state index contributed by atoms with van der Waals surface area (Å²) in [5.41, 5.74) is 11.7. The van der Waals surface area contributed by atoms with Crippen LogP contribution in [0.1, 0.15) is 30.9 Å². The highest BCUT2D eigenvalue weighted by Crippen LogP contribution is 2.34. The molecule has 0 unspecified atom stereocenters. The van der Waals surface area contributed by atoms with Gasteiger partial charge in [-0.25, -0.2) is 4.98 Å². The Bertz CT molecular complexity index is 1180. The summed E-state index contributed by atoms with van der Waals surface area (Å²) in [6.45, 7) is 4.25. The molecule has 0 radical (unpaired) electrons. The number of hydrogen-bond acceptors (Lipinski definition) is 4. The molecule has 4 rings (SSSR count). The van der Waals surface area contributed by atoms with Crippen molar-refractivity contribution >= 4 is 11.6 Å². The number of nitrogens with two attached hydrogens (primary N) is 1. The van der Waals surface area contributed by atoms with E-state index in [1.54, 1.807) is 0 Å². The van der Waals surface area contributed by atoms with E-state index in [0.717, 1.165) is 33.5 Å². The average molecular weight is 428 g/mol. The minimum atomic E-state index is -0.633. The Balaban J connectivity index is 0.000000913. The third-order valence-electron chi connectivity index (χ3n) is 4.77. The van der Waals surface area contributed by atoms with Gasteiger partial charge in [0.25, 0.3) is 5.91 Å². The predicted molar refractivity (Wildman–Crippen MR) is 132 cm³/mol. The lowest BCUT2D eigenvalue weighted by Crippen LogP contribution is -2.12. The highest BCUT2D eigenvalue weighted by atomic mass is 16.1. The second kappa shape index (κ2) is 10.4. The van der Waals surface area contributed by atoms with Gasteiger partial charge in [0, 0.05) is 25.3 Å². The molecular weight excluding hydrogens is 398 g/mol. The zero-order valence-electron chi connectivity index (χ0n) is 19.0. The molecule has 1 aromatic heterocycles. The van der Waals surface area contributed by atoms with Crippen LogP contribution in [0.4, 0.5) is 5.69 Å². The number of carbonyl (C=O) groups is 1. The summed E-state index contributed by atoms with van der Waals surface area (Å²) in [6, 6.07) is 24.7. The van der Waals surface area contributed by atoms with Crippen LogP contribution in [0.2, 0.25) is 0 Å². The molecule has 0 atom stereocenters. The Labute approximate surface area is 189 Å². The molecule has 0 saturated carbocycles. The molecule has 0 aliphatic carbocycles. The molecule has 4 aromatic rings. The number of aromatic nitrogens is 3. The van der Waals surface area contributed by atoms with Crippen molar-refractivity contribution in [2.45, 2.75) is 20.3 Å². The van der Waals surface area contributed by atoms with Gasteiger partial charge in [-0.3, -0.25) is 9.89 Å². The molecule has 0 bridgehead atoms. The van der Waals surface area contributed by atoms with Crippen LogP contribution in [0.25, 0.3) is 33.6 Å². The van der Waals surface area contributed by atoms with Crippen LogP contribution in [0.3, 0.4) is 0 Å². The molecule has 0 saturated heterocycles. The van der Waals surface area contributed by atoms with Gasteiger partial charge in [0.1, 0.15) is 0 Å². The maximum absolute atomic E-state index is 11.3. The van der Waals surface area contributed by atoms with Gasteiger partial charge in [-0.05, 0) is 40.5 Å². The molecule has 1 heterocycles. The quantitative estimate of drug-likeness (QED) is 0.447. The second-order valence-corrected chi connectivity index (χ2v) is 7.65. The van der Waals surface area contributed by atoms with E-state index in [2.05, 4.69) is 76.4 Å². The number of aromatic amines is 1. The summed E-state index contributed by atoms with van der Waals surface area (Å²) in [5.74, 6) is -0.147. The van der Waals surface area contributed by atoms with Crippen LogP contribution in [0.15, 0.2) is 72.8 Å². The SMILES string of the molecule is CCC.CN(C)c1ccc(-c2ccccc2-c2cccc(-c3n[nH]c(C(N)=O)n3)c2)cc1. The van der Waals surface area contributed by atoms with Crippen LogP contribution >= 0.6 is 0 Å². The van der Waals surface area contributed by atoms with E-state index >= 15 is 0 Å². The van der Waals surface area contributed by atoms with Gasteiger partial charge in [0.05, 0.1) is 0 Å². The molecule has 6 heteroatoms. The Hall–Kier alpha value is -3.93. The van der Waals surface area contributed by atoms with Crippen LogP contribution in [-0.2, 0) is 0 Å². The number of primary amides is 1. The molecular formula is C26H29N5O. The zero-order chi connectivity index (χ0) is 23.1. The topological polar surface area (TPSA) is 87.9 Å². The number of carbonyl (C=O) groups excluding carboxylic acids is 1. The van der Waals surface area contributed by atoms with E-state index in [1.165, 1.54) is 6.42 Å². The molecule has 1 amide bonds. The molecule has 3 aromatic carbocycles. The first kappa shape index (κ1) is 22.7. The van der Waals surface area contributed by atoms with Gasteiger partial charge in [-0.2, -0.15) is 5.10 Å². The Kier molecular flexibility index (Phi) is 7.39. The minimum Gasteiger partial charge on any atom is -0.378 e. The number of H-pyrrole nitrogens is 1. The Morgan fingerprint density at radius 3 is 2.03 bits per heavy atom. The molecule has 6 nitrogen and oxygen atoms in total. The fourth-order valence-corrected chi connectivity index (χ4v) is 3.25. The van der Waals surface area contributed by atoms with E-state index < -0.39 is 5.91 Å². The first-order valence-corrected chi connectivity index (χ1v) is 10.6. The number of anilines is 1. The number of nitrogens with zero attached hydrogens (tertiary/aromatic N) is 3. The number of benzene rings is 3. The number of nitrogens with one attached hydrogen (secondary N) is 1. The molecule has 0 aliphatic heterocycles. The summed E-state index contributed by atoms with van der Waals surface area (Å²) >= 11 is 0. The second-order valence-electron chi connectivity index (χ2n) is 7.65. The zero-order valence-corrected chi connectivity index (χ0v) is 19.0. The lowest BCUT2D eigenvalue weighted by atomic mass is 9.93. The normalized spacial score (nSPS) is 10.2. The molecule has 32 heavy (non-hydrogen) atoms. The Morgan fingerprint density at radius 2 is 1.47 bits per heavy atom. The lowest BCUT2D eigenvalue weighted by molar-refractivity contribution is 0.0991. The van der Waals surface area contributed by atoms with Crippen LogP contribution in [-0.4, -0.2) is 35.2 Å². The van der Waals surface area contributed by atoms with Crippen molar-refractivity contribution in [2.24, 2.45) is 5.73 Å². The molecule has 3 N–H and O–H groups in total. The van der Waals surface area contributed by atoms with Crippen molar-refractivity contribution in [3.05, 3.63) is 78.6 Å². The lowest BCUT2D eigenvalue weighted by Gasteiger charge is -2.14. The molecule has 0 spiro atoms. The van der Waals surface area contributed by atoms with Gasteiger partial charge in [-0.15, -0.1) is 0 Å².